The largest absolute Gasteiger partial charge is 0.399 e. The molecule has 0 bridgehead atoms. The van der Waals surface area contributed by atoms with Crippen molar-refractivity contribution in [2.75, 3.05) is 19.3 Å². The van der Waals surface area contributed by atoms with Crippen molar-refractivity contribution in [1.29, 1.82) is 0 Å². The van der Waals surface area contributed by atoms with Gasteiger partial charge in [-0.25, -0.2) is 0 Å². The molecular weight excluding hydrogens is 250 g/mol. The first-order chi connectivity index (χ1) is 9.56. The summed E-state index contributed by atoms with van der Waals surface area (Å²) in [5.41, 5.74) is 7.59. The summed E-state index contributed by atoms with van der Waals surface area (Å²) in [5.74, 6) is 0.114. The van der Waals surface area contributed by atoms with E-state index in [1.165, 1.54) is 12.8 Å². The summed E-state index contributed by atoms with van der Waals surface area (Å²) < 4.78 is 0. The van der Waals surface area contributed by atoms with Gasteiger partial charge < -0.3 is 11.1 Å². The number of carbonyl (C=O) groups is 1. The van der Waals surface area contributed by atoms with Gasteiger partial charge in [0.2, 0.25) is 5.91 Å². The molecule has 0 aliphatic heterocycles. The summed E-state index contributed by atoms with van der Waals surface area (Å²) in [5, 5.41) is 3.02. The number of nitrogens with two attached hydrogens (primary N) is 1. The average Bonchev–Trinajstić information content (AvgIpc) is 3.26. The standard InChI is InChI=1S/C16H25N3O/c1-12(19(2)15-7-8-15)11-18-16(20)9-6-13-4-3-5-14(17)10-13/h3-5,10,12,15H,6-9,11,17H2,1-2H3,(H,18,20). The number of aryl methyl sites for hydroxylation is 1. The van der Waals surface area contributed by atoms with Crippen LogP contribution < -0.4 is 11.1 Å². The number of amides is 1. The second kappa shape index (κ2) is 6.75. The normalized spacial score (nSPS) is 16.1. The highest BCUT2D eigenvalue weighted by molar-refractivity contribution is 5.76. The highest BCUT2D eigenvalue weighted by atomic mass is 16.1. The molecule has 20 heavy (non-hydrogen) atoms. The summed E-state index contributed by atoms with van der Waals surface area (Å²) in [4.78, 5) is 14.2. The molecule has 4 heteroatoms. The average molecular weight is 275 g/mol. The lowest BCUT2D eigenvalue weighted by Crippen LogP contribution is -2.41. The Balaban J connectivity index is 1.67. The molecule has 0 aromatic heterocycles. The molecule has 0 spiro atoms. The number of nitrogens with one attached hydrogen (secondary N) is 1. The maximum Gasteiger partial charge on any atom is 0.220 e. The van der Waals surface area contributed by atoms with Gasteiger partial charge in [0.1, 0.15) is 0 Å². The van der Waals surface area contributed by atoms with Crippen LogP contribution in [0.5, 0.6) is 0 Å². The Kier molecular flexibility index (Phi) is 5.01. The van der Waals surface area contributed by atoms with Gasteiger partial charge in [0.25, 0.3) is 0 Å². The van der Waals surface area contributed by atoms with E-state index in [2.05, 4.69) is 24.2 Å². The van der Waals surface area contributed by atoms with Crippen molar-refractivity contribution in [1.82, 2.24) is 10.2 Å². The Labute approximate surface area is 121 Å². The predicted molar refractivity (Wildman–Crippen MR) is 82.4 cm³/mol. The zero-order valence-corrected chi connectivity index (χ0v) is 12.4. The van der Waals surface area contributed by atoms with Crippen LogP contribution in [0, 0.1) is 0 Å². The summed E-state index contributed by atoms with van der Waals surface area (Å²) in [6.45, 7) is 2.89. The van der Waals surface area contributed by atoms with Gasteiger partial charge in [-0.15, -0.1) is 0 Å². The van der Waals surface area contributed by atoms with Crippen molar-refractivity contribution in [2.45, 2.75) is 44.7 Å². The van der Waals surface area contributed by atoms with E-state index >= 15 is 0 Å². The molecule has 0 heterocycles. The molecule has 1 saturated carbocycles. The van der Waals surface area contributed by atoms with Crippen molar-refractivity contribution in [3.63, 3.8) is 0 Å². The summed E-state index contributed by atoms with van der Waals surface area (Å²) in [6.07, 6.45) is 3.85. The number of nitrogen functional groups attached to an aromatic ring is 1. The lowest BCUT2D eigenvalue weighted by atomic mass is 10.1. The third-order valence-electron chi connectivity index (χ3n) is 4.00. The Bertz CT molecular complexity index is 457. The molecule has 110 valence electrons. The first-order valence-electron chi connectivity index (χ1n) is 7.39. The van der Waals surface area contributed by atoms with Crippen LogP contribution in [-0.2, 0) is 11.2 Å². The van der Waals surface area contributed by atoms with Gasteiger partial charge in [0.05, 0.1) is 0 Å². The van der Waals surface area contributed by atoms with E-state index in [-0.39, 0.29) is 5.91 Å². The lowest BCUT2D eigenvalue weighted by Gasteiger charge is -2.24. The van der Waals surface area contributed by atoms with Crippen LogP contribution in [0.25, 0.3) is 0 Å². The summed E-state index contributed by atoms with van der Waals surface area (Å²) >= 11 is 0. The monoisotopic (exact) mass is 275 g/mol. The first kappa shape index (κ1) is 14.9. The van der Waals surface area contributed by atoms with Gasteiger partial charge in [0, 0.05) is 30.7 Å². The molecule has 0 radical (unpaired) electrons. The summed E-state index contributed by atoms with van der Waals surface area (Å²) in [7, 11) is 2.14. The topological polar surface area (TPSA) is 58.4 Å². The fourth-order valence-electron chi connectivity index (χ4n) is 2.34. The van der Waals surface area contributed by atoms with Crippen molar-refractivity contribution >= 4 is 11.6 Å². The Morgan fingerprint density at radius 2 is 2.25 bits per heavy atom. The molecule has 1 amide bonds. The molecule has 3 N–H and O–H groups in total. The number of carbonyl (C=O) groups excluding carboxylic acids is 1. The van der Waals surface area contributed by atoms with Crippen LogP contribution in [0.1, 0.15) is 31.7 Å². The van der Waals surface area contributed by atoms with Crippen LogP contribution in [0.15, 0.2) is 24.3 Å². The quantitative estimate of drug-likeness (QED) is 0.746. The number of anilines is 1. The lowest BCUT2D eigenvalue weighted by molar-refractivity contribution is -0.121. The maximum atomic E-state index is 11.9. The van der Waals surface area contributed by atoms with Gasteiger partial charge in [-0.05, 0) is 50.9 Å². The van der Waals surface area contributed by atoms with Crippen LogP contribution in [0.4, 0.5) is 5.69 Å². The van der Waals surface area contributed by atoms with Crippen molar-refractivity contribution in [3.8, 4) is 0 Å². The van der Waals surface area contributed by atoms with E-state index in [1.54, 1.807) is 0 Å². The molecule has 1 aromatic carbocycles. The minimum atomic E-state index is 0.114. The molecule has 1 aromatic rings. The van der Waals surface area contributed by atoms with E-state index in [0.29, 0.717) is 12.5 Å². The third-order valence-corrected chi connectivity index (χ3v) is 4.00. The van der Waals surface area contributed by atoms with Crippen molar-refractivity contribution in [2.24, 2.45) is 0 Å². The Hall–Kier alpha value is -1.55. The van der Waals surface area contributed by atoms with Gasteiger partial charge in [-0.3, -0.25) is 9.69 Å². The number of hydrogen-bond donors (Lipinski definition) is 2. The van der Waals surface area contributed by atoms with Gasteiger partial charge >= 0.3 is 0 Å². The predicted octanol–water partition coefficient (Wildman–Crippen LogP) is 1.80. The fourth-order valence-corrected chi connectivity index (χ4v) is 2.34. The zero-order chi connectivity index (χ0) is 14.5. The molecular formula is C16H25N3O. The van der Waals surface area contributed by atoms with Gasteiger partial charge in [-0.2, -0.15) is 0 Å². The molecule has 1 fully saturated rings. The minimum Gasteiger partial charge on any atom is -0.399 e. The molecule has 1 atom stereocenters. The summed E-state index contributed by atoms with van der Waals surface area (Å²) in [6, 6.07) is 8.85. The smallest absolute Gasteiger partial charge is 0.220 e. The van der Waals surface area contributed by atoms with Crippen LogP contribution >= 0.6 is 0 Å². The SMILES string of the molecule is CC(CNC(=O)CCc1cccc(N)c1)N(C)C1CC1. The van der Waals surface area contributed by atoms with Crippen LogP contribution in [0.2, 0.25) is 0 Å². The van der Waals surface area contributed by atoms with Gasteiger partial charge in [-0.1, -0.05) is 12.1 Å². The van der Waals surface area contributed by atoms with E-state index in [9.17, 15) is 4.79 Å². The number of likely N-dealkylation sites (N-methyl/N-ethyl adjacent to an activating group) is 1. The highest BCUT2D eigenvalue weighted by Gasteiger charge is 2.28. The highest BCUT2D eigenvalue weighted by Crippen LogP contribution is 2.26. The second-order valence-corrected chi connectivity index (χ2v) is 5.79. The number of benzene rings is 1. The Morgan fingerprint density at radius 1 is 1.50 bits per heavy atom. The first-order valence-corrected chi connectivity index (χ1v) is 7.39. The number of rotatable bonds is 7. The van der Waals surface area contributed by atoms with E-state index in [0.717, 1.165) is 30.3 Å². The van der Waals surface area contributed by atoms with E-state index < -0.39 is 0 Å². The Morgan fingerprint density at radius 3 is 2.90 bits per heavy atom. The molecule has 2 rings (SSSR count). The third kappa shape index (κ3) is 4.53. The molecule has 1 aliphatic carbocycles. The number of nitrogens with zero attached hydrogens (tertiary/aromatic N) is 1. The minimum absolute atomic E-state index is 0.114. The molecule has 4 nitrogen and oxygen atoms in total. The van der Waals surface area contributed by atoms with Gasteiger partial charge in [0.15, 0.2) is 0 Å². The maximum absolute atomic E-state index is 11.9. The number of hydrogen-bond acceptors (Lipinski definition) is 3. The van der Waals surface area contributed by atoms with E-state index in [4.69, 9.17) is 5.73 Å². The fraction of sp³-hybridized carbons (Fsp3) is 0.562. The van der Waals surface area contributed by atoms with Crippen LogP contribution in [0.3, 0.4) is 0 Å². The van der Waals surface area contributed by atoms with Crippen LogP contribution in [-0.4, -0.2) is 36.5 Å². The van der Waals surface area contributed by atoms with E-state index in [1.807, 2.05) is 24.3 Å². The zero-order valence-electron chi connectivity index (χ0n) is 12.4. The second-order valence-electron chi connectivity index (χ2n) is 5.79. The molecule has 0 saturated heterocycles. The van der Waals surface area contributed by atoms with Crippen molar-refractivity contribution in [3.05, 3.63) is 29.8 Å². The molecule has 1 aliphatic rings. The van der Waals surface area contributed by atoms with Crippen molar-refractivity contribution < 1.29 is 4.79 Å². The molecule has 1 unspecified atom stereocenters.